The van der Waals surface area contributed by atoms with E-state index in [9.17, 15) is 4.79 Å². The monoisotopic (exact) mass is 304 g/mol. The zero-order chi connectivity index (χ0) is 16.5. The summed E-state index contributed by atoms with van der Waals surface area (Å²) in [5.74, 6) is -1.57. The van der Waals surface area contributed by atoms with Crippen molar-refractivity contribution in [3.63, 3.8) is 0 Å². The summed E-state index contributed by atoms with van der Waals surface area (Å²) in [5, 5.41) is 18.1. The molecule has 0 unspecified atom stereocenters. The molecule has 0 saturated heterocycles. The van der Waals surface area contributed by atoms with Crippen LogP contribution in [0.2, 0.25) is 0 Å². The van der Waals surface area contributed by atoms with E-state index in [2.05, 4.69) is 6.58 Å². The second-order valence-corrected chi connectivity index (χ2v) is 5.30. The molecule has 0 aromatic heterocycles. The standard InChI is InChI=1S/C14H24O7/c1-10(2)13(17)19-9-8-18-7-6-11(12(15)16)20-21-14(3,4)5/h15-16H,1,6-9H2,2-5H3. The first kappa shape index (κ1) is 19.3. The lowest BCUT2D eigenvalue weighted by Gasteiger charge is -2.18. The lowest BCUT2D eigenvalue weighted by molar-refractivity contribution is -0.326. The van der Waals surface area contributed by atoms with Gasteiger partial charge in [0.1, 0.15) is 12.2 Å². The normalized spacial score (nSPS) is 10.9. The van der Waals surface area contributed by atoms with E-state index >= 15 is 0 Å². The predicted molar refractivity (Wildman–Crippen MR) is 75.4 cm³/mol. The third-order valence-corrected chi connectivity index (χ3v) is 1.92. The highest BCUT2D eigenvalue weighted by Crippen LogP contribution is 2.14. The molecule has 0 rings (SSSR count). The maximum absolute atomic E-state index is 11.1. The molecule has 0 amide bonds. The number of aliphatic hydroxyl groups excluding tert-OH is 1. The van der Waals surface area contributed by atoms with Gasteiger partial charge in [-0.2, -0.15) is 4.89 Å². The van der Waals surface area contributed by atoms with Crippen molar-refractivity contribution in [2.45, 2.75) is 39.7 Å². The summed E-state index contributed by atoms with van der Waals surface area (Å²) < 4.78 is 10.00. The molecule has 7 nitrogen and oxygen atoms in total. The Bertz CT molecular complexity index is 375. The molecule has 2 N–H and O–H groups in total. The molecule has 0 aliphatic rings. The van der Waals surface area contributed by atoms with E-state index in [0.717, 1.165) is 0 Å². The highest BCUT2D eigenvalue weighted by Gasteiger charge is 2.16. The van der Waals surface area contributed by atoms with Crippen molar-refractivity contribution in [2.24, 2.45) is 0 Å². The molecule has 0 heterocycles. The molecule has 0 radical (unpaired) electrons. The van der Waals surface area contributed by atoms with E-state index in [1.807, 2.05) is 0 Å². The SMILES string of the molecule is C=C(C)C(=O)OCCOCCC(OOC(C)(C)C)=C(O)O. The summed E-state index contributed by atoms with van der Waals surface area (Å²) in [5.41, 5.74) is -0.267. The largest absolute Gasteiger partial charge is 0.479 e. The summed E-state index contributed by atoms with van der Waals surface area (Å²) in [6, 6.07) is 0. The van der Waals surface area contributed by atoms with Crippen molar-refractivity contribution in [3.8, 4) is 0 Å². The van der Waals surface area contributed by atoms with Crippen molar-refractivity contribution in [1.82, 2.24) is 0 Å². The third kappa shape index (κ3) is 10.7. The van der Waals surface area contributed by atoms with Gasteiger partial charge >= 0.3 is 11.9 Å². The second kappa shape index (κ2) is 9.25. The summed E-state index contributed by atoms with van der Waals surface area (Å²) in [6.07, 6.45) is 0.104. The van der Waals surface area contributed by atoms with Crippen LogP contribution in [-0.4, -0.2) is 41.6 Å². The van der Waals surface area contributed by atoms with Crippen LogP contribution in [0.15, 0.2) is 23.9 Å². The fraction of sp³-hybridized carbons (Fsp3) is 0.643. The molecule has 0 aromatic rings. The Balaban J connectivity index is 3.89. The van der Waals surface area contributed by atoms with Crippen molar-refractivity contribution in [3.05, 3.63) is 23.9 Å². The number of aliphatic hydroxyl groups is 2. The zero-order valence-electron chi connectivity index (χ0n) is 13.0. The lowest BCUT2D eigenvalue weighted by atomic mass is 10.2. The van der Waals surface area contributed by atoms with Gasteiger partial charge in [0.15, 0.2) is 0 Å². The average molecular weight is 304 g/mol. The topological polar surface area (TPSA) is 94.5 Å². The van der Waals surface area contributed by atoms with Crippen molar-refractivity contribution < 1.29 is 34.3 Å². The number of carbonyl (C=O) groups is 1. The van der Waals surface area contributed by atoms with Crippen LogP contribution in [0, 0.1) is 0 Å². The summed E-state index contributed by atoms with van der Waals surface area (Å²) in [6.45, 7) is 10.7. The van der Waals surface area contributed by atoms with E-state index in [-0.39, 0.29) is 32.0 Å². The summed E-state index contributed by atoms with van der Waals surface area (Å²) >= 11 is 0. The fourth-order valence-electron chi connectivity index (χ4n) is 0.949. The van der Waals surface area contributed by atoms with Crippen LogP contribution in [0.4, 0.5) is 0 Å². The highest BCUT2D eigenvalue weighted by molar-refractivity contribution is 5.86. The molecule has 0 bridgehead atoms. The first-order valence-electron chi connectivity index (χ1n) is 6.50. The van der Waals surface area contributed by atoms with Crippen LogP contribution in [0.1, 0.15) is 34.1 Å². The lowest BCUT2D eigenvalue weighted by Crippen LogP contribution is -2.20. The zero-order valence-corrected chi connectivity index (χ0v) is 13.0. The smallest absolute Gasteiger partial charge is 0.333 e. The van der Waals surface area contributed by atoms with E-state index < -0.39 is 17.5 Å². The molecular formula is C14H24O7. The number of carbonyl (C=O) groups excluding carboxylic acids is 1. The van der Waals surface area contributed by atoms with Gasteiger partial charge in [-0.1, -0.05) is 6.58 Å². The van der Waals surface area contributed by atoms with E-state index in [1.54, 1.807) is 27.7 Å². The van der Waals surface area contributed by atoms with Gasteiger partial charge in [-0.15, -0.1) is 0 Å². The first-order valence-corrected chi connectivity index (χ1v) is 6.50. The van der Waals surface area contributed by atoms with Crippen LogP contribution in [0.25, 0.3) is 0 Å². The summed E-state index contributed by atoms with van der Waals surface area (Å²) in [4.78, 5) is 20.9. The van der Waals surface area contributed by atoms with Crippen molar-refractivity contribution >= 4 is 5.97 Å². The maximum Gasteiger partial charge on any atom is 0.333 e. The minimum Gasteiger partial charge on any atom is -0.479 e. The van der Waals surface area contributed by atoms with Gasteiger partial charge in [0.05, 0.1) is 13.2 Å². The minimum atomic E-state index is -0.962. The molecule has 0 aliphatic carbocycles. The van der Waals surface area contributed by atoms with E-state index in [4.69, 9.17) is 29.5 Å². The average Bonchev–Trinajstić information content (AvgIpc) is 2.34. The Morgan fingerprint density at radius 3 is 2.24 bits per heavy atom. The van der Waals surface area contributed by atoms with Gasteiger partial charge in [-0.05, 0) is 27.7 Å². The number of esters is 1. The molecule has 0 saturated carbocycles. The molecular weight excluding hydrogens is 280 g/mol. The van der Waals surface area contributed by atoms with Gasteiger partial charge in [0, 0.05) is 12.0 Å². The van der Waals surface area contributed by atoms with E-state index in [1.165, 1.54) is 0 Å². The molecule has 122 valence electrons. The van der Waals surface area contributed by atoms with Gasteiger partial charge in [0.25, 0.3) is 0 Å². The van der Waals surface area contributed by atoms with Crippen LogP contribution in [0.3, 0.4) is 0 Å². The Kier molecular flexibility index (Phi) is 8.49. The maximum atomic E-state index is 11.1. The van der Waals surface area contributed by atoms with Gasteiger partial charge in [-0.25, -0.2) is 4.79 Å². The molecule has 0 aromatic carbocycles. The second-order valence-electron chi connectivity index (χ2n) is 5.30. The molecule has 0 spiro atoms. The molecule has 21 heavy (non-hydrogen) atoms. The van der Waals surface area contributed by atoms with Gasteiger partial charge in [-0.3, -0.25) is 0 Å². The number of ether oxygens (including phenoxy) is 2. The Labute approximate surface area is 124 Å². The fourth-order valence-corrected chi connectivity index (χ4v) is 0.949. The quantitative estimate of drug-likeness (QED) is 0.169. The molecule has 7 heteroatoms. The van der Waals surface area contributed by atoms with Crippen LogP contribution < -0.4 is 0 Å². The first-order chi connectivity index (χ1) is 9.63. The highest BCUT2D eigenvalue weighted by atomic mass is 17.2. The van der Waals surface area contributed by atoms with Crippen molar-refractivity contribution in [1.29, 1.82) is 0 Å². The van der Waals surface area contributed by atoms with Gasteiger partial charge < -0.3 is 24.6 Å². The molecule has 0 atom stereocenters. The Morgan fingerprint density at radius 1 is 1.14 bits per heavy atom. The molecule has 0 aliphatic heterocycles. The minimum absolute atomic E-state index is 0.0925. The van der Waals surface area contributed by atoms with E-state index in [0.29, 0.717) is 5.57 Å². The summed E-state index contributed by atoms with van der Waals surface area (Å²) in [7, 11) is 0. The van der Waals surface area contributed by atoms with Crippen LogP contribution >= 0.6 is 0 Å². The predicted octanol–water partition coefficient (Wildman–Crippen LogP) is 2.54. The number of hydrogen-bond donors (Lipinski definition) is 2. The number of hydrogen-bond acceptors (Lipinski definition) is 7. The van der Waals surface area contributed by atoms with Gasteiger partial charge in [0.2, 0.25) is 5.76 Å². The van der Waals surface area contributed by atoms with Crippen molar-refractivity contribution in [2.75, 3.05) is 19.8 Å². The van der Waals surface area contributed by atoms with Crippen LogP contribution in [-0.2, 0) is 24.0 Å². The third-order valence-electron chi connectivity index (χ3n) is 1.92. The van der Waals surface area contributed by atoms with Crippen LogP contribution in [0.5, 0.6) is 0 Å². The molecule has 0 fully saturated rings. The Hall–Kier alpha value is -1.73. The Morgan fingerprint density at radius 2 is 1.76 bits per heavy atom. The number of rotatable bonds is 9.